The van der Waals surface area contributed by atoms with Gasteiger partial charge in [-0.25, -0.2) is 0 Å². The molecule has 2 N–H and O–H groups in total. The van der Waals surface area contributed by atoms with E-state index in [-0.39, 0.29) is 0 Å². The van der Waals surface area contributed by atoms with Gasteiger partial charge >= 0.3 is 0 Å². The van der Waals surface area contributed by atoms with Crippen LogP contribution in [0.1, 0.15) is 37.8 Å². The summed E-state index contributed by atoms with van der Waals surface area (Å²) < 4.78 is 0. The van der Waals surface area contributed by atoms with Gasteiger partial charge in [0.05, 0.1) is 0 Å². The van der Waals surface area contributed by atoms with Crippen molar-refractivity contribution >= 4 is 5.57 Å². The van der Waals surface area contributed by atoms with Crippen molar-refractivity contribution in [3.05, 3.63) is 66.0 Å². The average molecular weight is 296 g/mol. The molecule has 22 heavy (non-hydrogen) atoms. The summed E-state index contributed by atoms with van der Waals surface area (Å²) in [7, 11) is 0. The zero-order chi connectivity index (χ0) is 15.9. The van der Waals surface area contributed by atoms with Crippen LogP contribution in [-0.4, -0.2) is 13.1 Å². The molecule has 1 aromatic rings. The van der Waals surface area contributed by atoms with E-state index < -0.39 is 0 Å². The van der Waals surface area contributed by atoms with E-state index in [1.807, 2.05) is 0 Å². The van der Waals surface area contributed by atoms with Crippen molar-refractivity contribution in [2.24, 2.45) is 5.92 Å². The van der Waals surface area contributed by atoms with E-state index in [9.17, 15) is 0 Å². The first-order valence-corrected chi connectivity index (χ1v) is 8.26. The molecule has 1 aliphatic rings. The summed E-state index contributed by atoms with van der Waals surface area (Å²) in [5.41, 5.74) is 6.36. The number of hydrogen-bond acceptors (Lipinski definition) is 2. The summed E-state index contributed by atoms with van der Waals surface area (Å²) in [6, 6.07) is 8.85. The van der Waals surface area contributed by atoms with Crippen molar-refractivity contribution in [3.8, 4) is 0 Å². The van der Waals surface area contributed by atoms with E-state index in [4.69, 9.17) is 0 Å². The summed E-state index contributed by atoms with van der Waals surface area (Å²) in [4.78, 5) is 0. The van der Waals surface area contributed by atoms with Crippen LogP contribution in [0.4, 0.5) is 0 Å². The fourth-order valence-electron chi connectivity index (χ4n) is 2.86. The second-order valence-corrected chi connectivity index (χ2v) is 5.93. The number of nitrogens with one attached hydrogen (secondary N) is 2. The molecule has 0 saturated carbocycles. The Kier molecular flexibility index (Phi) is 5.88. The van der Waals surface area contributed by atoms with Crippen LogP contribution in [0.15, 0.2) is 54.9 Å². The Labute approximate surface area is 135 Å². The van der Waals surface area contributed by atoms with E-state index >= 15 is 0 Å². The van der Waals surface area contributed by atoms with E-state index in [0.29, 0.717) is 5.92 Å². The first kappa shape index (κ1) is 16.4. The molecule has 118 valence electrons. The number of rotatable bonds is 7. The van der Waals surface area contributed by atoms with Crippen molar-refractivity contribution in [1.82, 2.24) is 10.6 Å². The van der Waals surface area contributed by atoms with Crippen LogP contribution in [-0.2, 0) is 6.42 Å². The molecule has 2 heteroatoms. The first-order valence-electron chi connectivity index (χ1n) is 8.26. The van der Waals surface area contributed by atoms with Crippen LogP contribution in [0.25, 0.3) is 5.57 Å². The van der Waals surface area contributed by atoms with Gasteiger partial charge in [0.1, 0.15) is 0 Å². The van der Waals surface area contributed by atoms with Crippen LogP contribution >= 0.6 is 0 Å². The molecule has 0 aliphatic carbocycles. The molecular formula is C20H28N2. The van der Waals surface area contributed by atoms with Crippen LogP contribution < -0.4 is 10.6 Å². The zero-order valence-corrected chi connectivity index (χ0v) is 13.9. The third-order valence-corrected chi connectivity index (χ3v) is 4.35. The quantitative estimate of drug-likeness (QED) is 0.785. The number of hydrogen-bond donors (Lipinski definition) is 2. The average Bonchev–Trinajstić information content (AvgIpc) is 2.98. The third-order valence-electron chi connectivity index (χ3n) is 4.35. The Morgan fingerprint density at radius 1 is 1.41 bits per heavy atom. The molecule has 0 aromatic heterocycles. The van der Waals surface area contributed by atoms with E-state index in [1.165, 1.54) is 16.7 Å². The topological polar surface area (TPSA) is 24.1 Å². The fourth-order valence-corrected chi connectivity index (χ4v) is 2.86. The van der Waals surface area contributed by atoms with Gasteiger partial charge < -0.3 is 10.6 Å². The Balaban J connectivity index is 1.94. The highest BCUT2D eigenvalue weighted by Crippen LogP contribution is 2.21. The maximum absolute atomic E-state index is 4.17. The maximum atomic E-state index is 4.17. The molecule has 1 heterocycles. The highest BCUT2D eigenvalue weighted by molar-refractivity contribution is 5.66. The van der Waals surface area contributed by atoms with E-state index in [2.05, 4.69) is 68.0 Å². The first-order chi connectivity index (χ1) is 10.6. The third kappa shape index (κ3) is 4.27. The lowest BCUT2D eigenvalue weighted by Gasteiger charge is -2.14. The molecule has 1 saturated heterocycles. The molecule has 0 spiro atoms. The normalized spacial score (nSPS) is 18.2. The van der Waals surface area contributed by atoms with Gasteiger partial charge in [-0.3, -0.25) is 0 Å². The van der Waals surface area contributed by atoms with Gasteiger partial charge in [0.25, 0.3) is 0 Å². The minimum atomic E-state index is 0.467. The van der Waals surface area contributed by atoms with Crippen LogP contribution in [0.2, 0.25) is 0 Å². The van der Waals surface area contributed by atoms with Crippen molar-refractivity contribution in [2.75, 3.05) is 13.1 Å². The van der Waals surface area contributed by atoms with Gasteiger partial charge in [-0.05, 0) is 36.0 Å². The summed E-state index contributed by atoms with van der Waals surface area (Å²) >= 11 is 0. The standard InChI is InChI=1S/C20H28N2/c1-5-17-8-7-9-19(13-17)18(6-2)10-11-21-16(4)20-12-15(3)22-14-20/h7-10,13,20-22H,3-6,11-12,14H2,1-2H3/b18-10+. The molecule has 2 rings (SSSR count). The molecular weight excluding hydrogens is 268 g/mol. The Morgan fingerprint density at radius 2 is 2.23 bits per heavy atom. The monoisotopic (exact) mass is 296 g/mol. The van der Waals surface area contributed by atoms with Crippen molar-refractivity contribution in [2.45, 2.75) is 33.1 Å². The van der Waals surface area contributed by atoms with Crippen LogP contribution in [0.3, 0.4) is 0 Å². The minimum absolute atomic E-state index is 0.467. The predicted molar refractivity (Wildman–Crippen MR) is 96.5 cm³/mol. The highest BCUT2D eigenvalue weighted by atomic mass is 15.0. The predicted octanol–water partition coefficient (Wildman–Crippen LogP) is 4.27. The Morgan fingerprint density at radius 3 is 2.86 bits per heavy atom. The van der Waals surface area contributed by atoms with Gasteiger partial charge in [-0.15, -0.1) is 0 Å². The largest absolute Gasteiger partial charge is 0.388 e. The number of aryl methyl sites for hydroxylation is 1. The summed E-state index contributed by atoms with van der Waals surface area (Å²) in [5, 5.41) is 6.74. The maximum Gasteiger partial charge on any atom is 0.0333 e. The molecule has 0 radical (unpaired) electrons. The second kappa shape index (κ2) is 7.88. The molecule has 1 unspecified atom stereocenters. The number of benzene rings is 1. The fraction of sp³-hybridized carbons (Fsp3) is 0.400. The summed E-state index contributed by atoms with van der Waals surface area (Å²) in [6.45, 7) is 14.3. The smallest absolute Gasteiger partial charge is 0.0333 e. The number of allylic oxidation sites excluding steroid dienone is 2. The highest BCUT2D eigenvalue weighted by Gasteiger charge is 2.19. The summed E-state index contributed by atoms with van der Waals surface area (Å²) in [5.74, 6) is 0.467. The molecule has 1 atom stereocenters. The molecule has 0 bridgehead atoms. The second-order valence-electron chi connectivity index (χ2n) is 5.93. The lowest BCUT2D eigenvalue weighted by molar-refractivity contribution is 0.627. The molecule has 2 nitrogen and oxygen atoms in total. The Bertz CT molecular complexity index is 569. The molecule has 1 aromatic carbocycles. The van der Waals surface area contributed by atoms with E-state index in [1.54, 1.807) is 0 Å². The van der Waals surface area contributed by atoms with Crippen molar-refractivity contribution in [3.63, 3.8) is 0 Å². The SMILES string of the molecule is C=C1CC(C(=C)NC/C=C(\CC)c2cccc(CC)c2)CN1. The van der Waals surface area contributed by atoms with Gasteiger partial charge in [0, 0.05) is 30.4 Å². The Hall–Kier alpha value is -1.96. The molecule has 1 aliphatic heterocycles. The summed E-state index contributed by atoms with van der Waals surface area (Å²) in [6.07, 6.45) is 5.41. The van der Waals surface area contributed by atoms with Gasteiger partial charge in [-0.1, -0.05) is 57.3 Å². The van der Waals surface area contributed by atoms with Crippen molar-refractivity contribution in [1.29, 1.82) is 0 Å². The zero-order valence-electron chi connectivity index (χ0n) is 13.9. The lowest BCUT2D eigenvalue weighted by atomic mass is 10.00. The van der Waals surface area contributed by atoms with Crippen LogP contribution in [0, 0.1) is 5.92 Å². The molecule has 1 fully saturated rings. The molecule has 0 amide bonds. The van der Waals surface area contributed by atoms with Crippen molar-refractivity contribution < 1.29 is 0 Å². The van der Waals surface area contributed by atoms with Crippen LogP contribution in [0.5, 0.6) is 0 Å². The van der Waals surface area contributed by atoms with Gasteiger partial charge in [0.2, 0.25) is 0 Å². The van der Waals surface area contributed by atoms with Gasteiger partial charge in [0.15, 0.2) is 0 Å². The minimum Gasteiger partial charge on any atom is -0.388 e. The van der Waals surface area contributed by atoms with E-state index in [0.717, 1.165) is 43.7 Å². The lowest BCUT2D eigenvalue weighted by Crippen LogP contribution is -2.21. The van der Waals surface area contributed by atoms with Gasteiger partial charge in [-0.2, -0.15) is 0 Å².